The Hall–Kier alpha value is -4.35. The molecule has 0 atom stereocenters. The number of halogens is 6. The number of hydrogen-bond acceptors (Lipinski definition) is 1. The highest BCUT2D eigenvalue weighted by Crippen LogP contribution is 2.46. The van der Waals surface area contributed by atoms with Gasteiger partial charge < -0.3 is 4.57 Å². The lowest BCUT2D eigenvalue weighted by Crippen LogP contribution is -2.04. The molecule has 6 aromatic rings. The smallest absolute Gasteiger partial charge is 0.319 e. The number of benzene rings is 6. The molecular weight excluding hydrogens is 593 g/mol. The van der Waals surface area contributed by atoms with E-state index in [1.807, 2.05) is 66.7 Å². The van der Waals surface area contributed by atoms with Crippen molar-refractivity contribution in [3.8, 4) is 33.4 Å². The molecule has 1 nitrogen and oxygen atoms in total. The van der Waals surface area contributed by atoms with Crippen molar-refractivity contribution in [2.75, 3.05) is 13.3 Å². The van der Waals surface area contributed by atoms with Crippen molar-refractivity contribution in [1.82, 2.24) is 0 Å². The maximum absolute atomic E-state index is 13.4. The summed E-state index contributed by atoms with van der Waals surface area (Å²) in [5, 5.41) is 3.66. The van der Waals surface area contributed by atoms with Crippen molar-refractivity contribution >= 4 is 34.0 Å². The molecule has 0 amide bonds. The minimum Gasteiger partial charge on any atom is -0.319 e. The summed E-state index contributed by atoms with van der Waals surface area (Å²) in [6.45, 7) is 3.38. The van der Waals surface area contributed by atoms with Crippen molar-refractivity contribution in [1.29, 1.82) is 0 Å². The van der Waals surface area contributed by atoms with Gasteiger partial charge in [0, 0.05) is 5.30 Å². The van der Waals surface area contributed by atoms with Crippen molar-refractivity contribution in [3.05, 3.63) is 126 Å². The second kappa shape index (κ2) is 10.7. The van der Waals surface area contributed by atoms with Crippen molar-refractivity contribution in [2.45, 2.75) is 12.4 Å². The van der Waals surface area contributed by atoms with E-state index >= 15 is 0 Å². The van der Waals surface area contributed by atoms with Crippen LogP contribution >= 0.6 is 7.14 Å². The molecule has 6 aromatic carbocycles. The molecule has 0 heterocycles. The first-order valence-corrected chi connectivity index (χ1v) is 16.3. The van der Waals surface area contributed by atoms with Crippen molar-refractivity contribution in [2.24, 2.45) is 0 Å². The van der Waals surface area contributed by atoms with Gasteiger partial charge in [-0.15, -0.1) is 0 Å². The third-order valence-corrected chi connectivity index (χ3v) is 9.35. The van der Waals surface area contributed by atoms with Gasteiger partial charge in [-0.2, -0.15) is 26.3 Å². The number of fused-ring (bicyclic) bond motifs is 2. The van der Waals surface area contributed by atoms with E-state index in [0.717, 1.165) is 56.9 Å². The normalized spacial score (nSPS) is 12.6. The van der Waals surface area contributed by atoms with E-state index in [-0.39, 0.29) is 0 Å². The third-order valence-electron chi connectivity index (χ3n) is 7.83. The van der Waals surface area contributed by atoms with Crippen LogP contribution in [0.4, 0.5) is 26.3 Å². The van der Waals surface area contributed by atoms with E-state index in [1.165, 1.54) is 24.3 Å². The highest BCUT2D eigenvalue weighted by Gasteiger charge is 2.31. The summed E-state index contributed by atoms with van der Waals surface area (Å²) < 4.78 is 93.3. The van der Waals surface area contributed by atoms with Crippen molar-refractivity contribution in [3.63, 3.8) is 0 Å². The van der Waals surface area contributed by atoms with Crippen LogP contribution < -0.4 is 5.30 Å². The van der Waals surface area contributed by atoms with E-state index in [0.29, 0.717) is 27.6 Å². The first kappa shape index (κ1) is 29.7. The summed E-state index contributed by atoms with van der Waals surface area (Å²) in [4.78, 5) is 0. The molecule has 0 saturated carbocycles. The highest BCUT2D eigenvalue weighted by molar-refractivity contribution is 7.70. The quantitative estimate of drug-likeness (QED) is 0.109. The minimum atomic E-state index is -4.49. The van der Waals surface area contributed by atoms with Crippen LogP contribution in [0.1, 0.15) is 11.1 Å². The van der Waals surface area contributed by atoms with Crippen LogP contribution in [0.3, 0.4) is 0 Å². The first-order valence-electron chi connectivity index (χ1n) is 13.7. The van der Waals surface area contributed by atoms with Gasteiger partial charge in [-0.05, 0) is 105 Å². The average molecular weight is 619 g/mol. The first-order chi connectivity index (χ1) is 20.7. The second-order valence-electron chi connectivity index (χ2n) is 11.1. The Morgan fingerprint density at radius 3 is 1.36 bits per heavy atom. The molecule has 0 unspecified atom stereocenters. The van der Waals surface area contributed by atoms with Crippen molar-refractivity contribution < 1.29 is 30.9 Å². The van der Waals surface area contributed by atoms with Gasteiger partial charge in [-0.1, -0.05) is 78.9 Å². The molecule has 0 fully saturated rings. The molecule has 44 heavy (non-hydrogen) atoms. The Balaban J connectivity index is 1.68. The fourth-order valence-corrected chi connectivity index (χ4v) is 6.55. The maximum Gasteiger partial charge on any atom is 0.416 e. The molecule has 0 aliphatic carbocycles. The van der Waals surface area contributed by atoms with E-state index < -0.39 is 30.6 Å². The fourth-order valence-electron chi connectivity index (χ4n) is 5.65. The summed E-state index contributed by atoms with van der Waals surface area (Å²) in [6, 6.07) is 30.5. The largest absolute Gasteiger partial charge is 0.416 e. The topological polar surface area (TPSA) is 17.1 Å². The maximum atomic E-state index is 13.4. The Bertz CT molecular complexity index is 2070. The van der Waals surface area contributed by atoms with Gasteiger partial charge in [0.2, 0.25) is 0 Å². The van der Waals surface area contributed by atoms with Gasteiger partial charge in [-0.3, -0.25) is 0 Å². The van der Waals surface area contributed by atoms with Crippen LogP contribution in [0, 0.1) is 0 Å². The summed E-state index contributed by atoms with van der Waals surface area (Å²) >= 11 is 0. The summed E-state index contributed by atoms with van der Waals surface area (Å²) in [7, 11) is -2.56. The minimum absolute atomic E-state index is 0.565. The summed E-state index contributed by atoms with van der Waals surface area (Å²) in [5.74, 6) is 0. The fraction of sp³-hybridized carbons (Fsp3) is 0.111. The molecule has 0 aliphatic rings. The zero-order chi connectivity index (χ0) is 31.4. The highest BCUT2D eigenvalue weighted by atomic mass is 31.2. The van der Waals surface area contributed by atoms with Crippen LogP contribution in [-0.2, 0) is 16.9 Å². The van der Waals surface area contributed by atoms with Gasteiger partial charge in [0.1, 0.15) is 7.14 Å². The standard InChI is InChI=1S/C36H25F6OP/c1-44(2,43)28-7-5-6-24(20-28)25-14-19-31-32(21-25)34(23-12-17-27(18-13-23)36(40,41)42)30-9-4-3-8-29(30)33(31)22-10-15-26(16-11-22)35(37,38)39/h3-21H,1-2H3. The molecule has 6 rings (SSSR count). The molecule has 0 bridgehead atoms. The number of hydrogen-bond donors (Lipinski definition) is 0. The summed E-state index contributed by atoms with van der Waals surface area (Å²) in [5.41, 5.74) is 2.65. The molecule has 0 aromatic heterocycles. The Morgan fingerprint density at radius 2 is 0.886 bits per heavy atom. The van der Waals surface area contributed by atoms with Gasteiger partial charge >= 0.3 is 12.4 Å². The monoisotopic (exact) mass is 618 g/mol. The van der Waals surface area contributed by atoms with E-state index in [2.05, 4.69) is 0 Å². The SMILES string of the molecule is CP(C)(=O)c1cccc(-c2ccc3c(-c4ccc(C(F)(F)F)cc4)c4ccccc4c(-c4ccc(C(F)(F)F)cc4)c3c2)c1. The van der Waals surface area contributed by atoms with Crippen LogP contribution in [0.5, 0.6) is 0 Å². The Labute approximate surface area is 250 Å². The molecule has 0 spiro atoms. The van der Waals surface area contributed by atoms with Crippen LogP contribution in [0.15, 0.2) is 115 Å². The van der Waals surface area contributed by atoms with Gasteiger partial charge in [0.25, 0.3) is 0 Å². The van der Waals surface area contributed by atoms with Crippen LogP contribution in [0.2, 0.25) is 0 Å². The average Bonchev–Trinajstić information content (AvgIpc) is 2.98. The third kappa shape index (κ3) is 5.53. The van der Waals surface area contributed by atoms with Gasteiger partial charge in [-0.25, -0.2) is 0 Å². The van der Waals surface area contributed by atoms with E-state index in [4.69, 9.17) is 0 Å². The lowest BCUT2D eigenvalue weighted by atomic mass is 9.84. The van der Waals surface area contributed by atoms with Gasteiger partial charge in [0.05, 0.1) is 11.1 Å². The zero-order valence-electron chi connectivity index (χ0n) is 23.6. The number of alkyl halides is 6. The van der Waals surface area contributed by atoms with E-state index in [9.17, 15) is 30.9 Å². The molecule has 0 aliphatic heterocycles. The molecule has 8 heteroatoms. The lowest BCUT2D eigenvalue weighted by molar-refractivity contribution is -0.138. The van der Waals surface area contributed by atoms with Gasteiger partial charge in [0.15, 0.2) is 0 Å². The molecule has 0 N–H and O–H groups in total. The van der Waals surface area contributed by atoms with E-state index in [1.54, 1.807) is 13.3 Å². The van der Waals surface area contributed by atoms with Crippen LogP contribution in [0.25, 0.3) is 54.9 Å². The lowest BCUT2D eigenvalue weighted by Gasteiger charge is -2.19. The molecule has 0 saturated heterocycles. The molecule has 222 valence electrons. The molecule has 0 radical (unpaired) electrons. The second-order valence-corrected chi connectivity index (χ2v) is 14.3. The summed E-state index contributed by atoms with van der Waals surface area (Å²) in [6.07, 6.45) is -8.98. The predicted molar refractivity (Wildman–Crippen MR) is 167 cm³/mol. The zero-order valence-corrected chi connectivity index (χ0v) is 24.5. The Kier molecular flexibility index (Phi) is 7.21. The Morgan fingerprint density at radius 1 is 0.455 bits per heavy atom. The predicted octanol–water partition coefficient (Wildman–Crippen LogP) is 11.3. The van der Waals surface area contributed by atoms with Crippen LogP contribution in [-0.4, -0.2) is 13.3 Å². The molecular formula is C36H25F6OP. The number of rotatable bonds is 4.